The molecule has 0 atom stereocenters. The maximum Gasteiger partial charge on any atom is 0.161 e. The van der Waals surface area contributed by atoms with Gasteiger partial charge < -0.3 is 9.47 Å². The zero-order valence-corrected chi connectivity index (χ0v) is 40.1. The highest BCUT2D eigenvalue weighted by atomic mass is 32.1. The van der Waals surface area contributed by atoms with Gasteiger partial charge in [0.25, 0.3) is 0 Å². The van der Waals surface area contributed by atoms with Crippen molar-refractivity contribution in [2.24, 2.45) is 0 Å². The largest absolute Gasteiger partial charge is 0.490 e. The molecule has 0 spiro atoms. The molecule has 0 fully saturated rings. The van der Waals surface area contributed by atoms with Gasteiger partial charge in [0.15, 0.2) is 11.5 Å². The average Bonchev–Trinajstić information content (AvgIpc) is 3.25. The van der Waals surface area contributed by atoms with Crippen molar-refractivity contribution >= 4 is 23.2 Å². The summed E-state index contributed by atoms with van der Waals surface area (Å²) in [5.74, 6) is 1.74. The van der Waals surface area contributed by atoms with E-state index in [1.165, 1.54) is 211 Å². The SMILES string of the molecule is CCCCCCCCCCCCCCCCCCCOc1ccc(C=CC(=S)c2ccc(CCC)cc2)cc1OCCCCCCCCCCCCCCCCCCC. The van der Waals surface area contributed by atoms with Gasteiger partial charge in [-0.1, -0.05) is 281 Å². The number of rotatable bonds is 43. The van der Waals surface area contributed by atoms with Crippen LogP contribution in [0.3, 0.4) is 0 Å². The molecule has 0 saturated carbocycles. The first-order valence-corrected chi connectivity index (χ1v) is 26.3. The Labute approximate surface area is 372 Å². The van der Waals surface area contributed by atoms with Gasteiger partial charge in [-0.2, -0.15) is 0 Å². The molecule has 336 valence electrons. The number of thiocarbonyl (C=S) groups is 1. The van der Waals surface area contributed by atoms with Gasteiger partial charge in [-0.05, 0) is 54.2 Å². The Morgan fingerprint density at radius 1 is 0.407 bits per heavy atom. The first kappa shape index (κ1) is 53.0. The molecule has 0 aromatic heterocycles. The number of hydrogen-bond acceptors (Lipinski definition) is 3. The van der Waals surface area contributed by atoms with Crippen LogP contribution in [0.5, 0.6) is 11.5 Å². The summed E-state index contributed by atoms with van der Waals surface area (Å²) >= 11 is 5.78. The predicted octanol–water partition coefficient (Wildman–Crippen LogP) is 19.1. The summed E-state index contributed by atoms with van der Waals surface area (Å²) < 4.78 is 12.8. The van der Waals surface area contributed by atoms with Gasteiger partial charge in [-0.3, -0.25) is 0 Å². The highest BCUT2D eigenvalue weighted by Crippen LogP contribution is 2.30. The molecule has 2 aromatic rings. The van der Waals surface area contributed by atoms with Crippen LogP contribution in [0.25, 0.3) is 6.08 Å². The van der Waals surface area contributed by atoms with Gasteiger partial charge in [-0.15, -0.1) is 0 Å². The summed E-state index contributed by atoms with van der Waals surface area (Å²) in [5, 5.41) is 0. The lowest BCUT2D eigenvalue weighted by molar-refractivity contribution is 0.258. The quantitative estimate of drug-likeness (QED) is 0.0287. The highest BCUT2D eigenvalue weighted by Gasteiger charge is 2.08. The van der Waals surface area contributed by atoms with E-state index < -0.39 is 0 Å². The van der Waals surface area contributed by atoms with Crippen LogP contribution in [0.2, 0.25) is 0 Å². The third-order valence-electron chi connectivity index (χ3n) is 12.2. The zero-order chi connectivity index (χ0) is 42.1. The molecule has 2 aromatic carbocycles. The molecule has 0 bridgehead atoms. The molecule has 0 unspecified atom stereocenters. The molecule has 0 saturated heterocycles. The summed E-state index contributed by atoms with van der Waals surface area (Å²) in [7, 11) is 0. The van der Waals surface area contributed by atoms with Crippen molar-refractivity contribution in [3.8, 4) is 11.5 Å². The molecule has 0 amide bonds. The average molecular weight is 831 g/mol. The normalized spacial score (nSPS) is 11.5. The van der Waals surface area contributed by atoms with Gasteiger partial charge in [0.2, 0.25) is 0 Å². The van der Waals surface area contributed by atoms with Crippen LogP contribution in [0.4, 0.5) is 0 Å². The monoisotopic (exact) mass is 831 g/mol. The Morgan fingerprint density at radius 2 is 0.763 bits per heavy atom. The van der Waals surface area contributed by atoms with Crippen molar-refractivity contribution in [1.29, 1.82) is 0 Å². The maximum atomic E-state index is 6.43. The van der Waals surface area contributed by atoms with Crippen LogP contribution in [-0.4, -0.2) is 18.1 Å². The standard InChI is InChI=1S/C56H94O2S/c1-4-7-9-11-13-15-17-19-21-23-25-27-29-31-33-35-37-48-57-54-46-42-52(43-47-56(59)53-44-40-51(39-6-3)41-45-53)50-55(54)58-49-38-36-34-32-30-28-26-24-22-20-18-16-14-12-10-8-5-2/h40-47,50H,4-39,48-49H2,1-3H3. The third kappa shape index (κ3) is 30.5. The number of hydrogen-bond donors (Lipinski definition) is 0. The van der Waals surface area contributed by atoms with Gasteiger partial charge in [0, 0.05) is 4.86 Å². The van der Waals surface area contributed by atoms with E-state index in [9.17, 15) is 0 Å². The summed E-state index contributed by atoms with van der Waals surface area (Å²) in [5.41, 5.74) is 3.56. The minimum atomic E-state index is 0.740. The summed E-state index contributed by atoms with van der Waals surface area (Å²) in [4.78, 5) is 0.859. The molecule has 0 radical (unpaired) electrons. The van der Waals surface area contributed by atoms with E-state index >= 15 is 0 Å². The molecular weight excluding hydrogens is 737 g/mol. The number of ether oxygens (including phenoxy) is 2. The number of allylic oxidation sites excluding steroid dienone is 1. The fourth-order valence-corrected chi connectivity index (χ4v) is 8.48. The maximum absolute atomic E-state index is 6.43. The van der Waals surface area contributed by atoms with Crippen molar-refractivity contribution in [2.45, 2.75) is 252 Å². The van der Waals surface area contributed by atoms with Crippen LogP contribution in [0, 0.1) is 0 Å². The Morgan fingerprint density at radius 3 is 1.14 bits per heavy atom. The zero-order valence-electron chi connectivity index (χ0n) is 39.3. The molecule has 2 rings (SSSR count). The lowest BCUT2D eigenvalue weighted by atomic mass is 10.0. The van der Waals surface area contributed by atoms with Gasteiger partial charge in [0.05, 0.1) is 13.2 Å². The minimum absolute atomic E-state index is 0.740. The molecular formula is C56H94O2S. The summed E-state index contributed by atoms with van der Waals surface area (Å²) in [6.45, 7) is 8.32. The first-order chi connectivity index (χ1) is 29.2. The van der Waals surface area contributed by atoms with E-state index in [4.69, 9.17) is 21.7 Å². The van der Waals surface area contributed by atoms with Crippen LogP contribution in [-0.2, 0) is 6.42 Å². The fourth-order valence-electron chi connectivity index (χ4n) is 8.27. The Kier molecular flexibility index (Phi) is 35.9. The summed E-state index contributed by atoms with van der Waals surface area (Å²) in [6, 6.07) is 15.1. The number of benzene rings is 2. The van der Waals surface area contributed by atoms with Crippen LogP contribution in [0.15, 0.2) is 48.5 Å². The smallest absolute Gasteiger partial charge is 0.161 e. The van der Waals surface area contributed by atoms with Gasteiger partial charge in [-0.25, -0.2) is 0 Å². The van der Waals surface area contributed by atoms with E-state index in [1.807, 2.05) is 0 Å². The second-order valence-electron chi connectivity index (χ2n) is 17.9. The lowest BCUT2D eigenvalue weighted by Gasteiger charge is -2.14. The van der Waals surface area contributed by atoms with Crippen molar-refractivity contribution in [2.75, 3.05) is 13.2 Å². The molecule has 0 aliphatic carbocycles. The third-order valence-corrected chi connectivity index (χ3v) is 12.6. The molecule has 0 aliphatic heterocycles. The lowest BCUT2D eigenvalue weighted by Crippen LogP contribution is -2.03. The van der Waals surface area contributed by atoms with Crippen molar-refractivity contribution in [3.63, 3.8) is 0 Å². The first-order valence-electron chi connectivity index (χ1n) is 25.9. The van der Waals surface area contributed by atoms with E-state index in [-0.39, 0.29) is 0 Å². The van der Waals surface area contributed by atoms with Crippen molar-refractivity contribution in [3.05, 3.63) is 65.2 Å². The second kappa shape index (κ2) is 40.0. The second-order valence-corrected chi connectivity index (χ2v) is 18.3. The highest BCUT2D eigenvalue weighted by molar-refractivity contribution is 7.81. The molecule has 0 heterocycles. The topological polar surface area (TPSA) is 18.5 Å². The van der Waals surface area contributed by atoms with Crippen molar-refractivity contribution in [1.82, 2.24) is 0 Å². The van der Waals surface area contributed by atoms with E-state index in [0.717, 1.165) is 66.4 Å². The Bertz CT molecular complexity index is 1250. The molecule has 0 N–H and O–H groups in total. The van der Waals surface area contributed by atoms with Crippen LogP contribution < -0.4 is 9.47 Å². The molecule has 0 aliphatic rings. The molecule has 59 heavy (non-hydrogen) atoms. The molecule has 2 nitrogen and oxygen atoms in total. The van der Waals surface area contributed by atoms with E-state index in [2.05, 4.69) is 75.4 Å². The Balaban J connectivity index is 1.65. The van der Waals surface area contributed by atoms with E-state index in [1.54, 1.807) is 0 Å². The van der Waals surface area contributed by atoms with Crippen LogP contribution >= 0.6 is 12.2 Å². The van der Waals surface area contributed by atoms with Gasteiger partial charge >= 0.3 is 0 Å². The van der Waals surface area contributed by atoms with E-state index in [0.29, 0.717) is 0 Å². The van der Waals surface area contributed by atoms with Crippen LogP contribution in [0.1, 0.15) is 262 Å². The Hall–Kier alpha value is -2.13. The number of aryl methyl sites for hydroxylation is 1. The fraction of sp³-hybridized carbons (Fsp3) is 0.732. The molecule has 3 heteroatoms. The minimum Gasteiger partial charge on any atom is -0.490 e. The number of unbranched alkanes of at least 4 members (excludes halogenated alkanes) is 32. The summed E-state index contributed by atoms with van der Waals surface area (Å²) in [6.07, 6.45) is 53.5. The predicted molar refractivity (Wildman–Crippen MR) is 267 cm³/mol. The van der Waals surface area contributed by atoms with Crippen molar-refractivity contribution < 1.29 is 9.47 Å². The van der Waals surface area contributed by atoms with Gasteiger partial charge in [0.1, 0.15) is 0 Å².